The number of esters is 1. The van der Waals surface area contributed by atoms with Crippen molar-refractivity contribution in [1.29, 1.82) is 0 Å². The van der Waals surface area contributed by atoms with Gasteiger partial charge in [-0.3, -0.25) is 4.79 Å². The van der Waals surface area contributed by atoms with Crippen LogP contribution in [0.5, 0.6) is 11.5 Å². The van der Waals surface area contributed by atoms with E-state index in [0.717, 1.165) is 5.56 Å². The highest BCUT2D eigenvalue weighted by molar-refractivity contribution is 5.92. The second kappa shape index (κ2) is 10.9. The summed E-state index contributed by atoms with van der Waals surface area (Å²) in [5.41, 5.74) is 1.87. The molecule has 6 nitrogen and oxygen atoms in total. The van der Waals surface area contributed by atoms with Gasteiger partial charge >= 0.3 is 5.97 Å². The minimum absolute atomic E-state index is 0.204. The van der Waals surface area contributed by atoms with Crippen LogP contribution >= 0.6 is 0 Å². The number of nitrogens with zero attached hydrogens (tertiary/aromatic N) is 1. The number of ether oxygens (including phenoxy) is 3. The van der Waals surface area contributed by atoms with Gasteiger partial charge in [0.05, 0.1) is 12.7 Å². The van der Waals surface area contributed by atoms with Gasteiger partial charge in [0.25, 0.3) is 5.91 Å². The highest BCUT2D eigenvalue weighted by Gasteiger charge is 2.16. The highest BCUT2D eigenvalue weighted by atomic mass is 19.1. The summed E-state index contributed by atoms with van der Waals surface area (Å²) in [6, 6.07) is 20.3. The van der Waals surface area contributed by atoms with Crippen LogP contribution in [0.25, 0.3) is 0 Å². The first-order valence-electron chi connectivity index (χ1n) is 9.96. The Balaban J connectivity index is 1.55. The van der Waals surface area contributed by atoms with Crippen LogP contribution in [0.2, 0.25) is 0 Å². The van der Waals surface area contributed by atoms with Gasteiger partial charge < -0.3 is 19.1 Å². The van der Waals surface area contributed by atoms with Crippen LogP contribution in [0, 0.1) is 5.82 Å². The molecule has 0 fully saturated rings. The predicted octanol–water partition coefficient (Wildman–Crippen LogP) is 4.23. The van der Waals surface area contributed by atoms with Crippen LogP contribution in [0.3, 0.4) is 0 Å². The van der Waals surface area contributed by atoms with Crippen LogP contribution in [-0.4, -0.2) is 37.5 Å². The van der Waals surface area contributed by atoms with Gasteiger partial charge in [0, 0.05) is 13.6 Å². The Morgan fingerprint density at radius 2 is 1.66 bits per heavy atom. The minimum atomic E-state index is -0.662. The summed E-state index contributed by atoms with van der Waals surface area (Å²) < 4.78 is 29.5. The van der Waals surface area contributed by atoms with E-state index < -0.39 is 18.5 Å². The van der Waals surface area contributed by atoms with E-state index in [0.29, 0.717) is 23.7 Å². The first-order valence-corrected chi connectivity index (χ1v) is 9.96. The zero-order valence-electron chi connectivity index (χ0n) is 17.9. The molecule has 0 aliphatic rings. The SMILES string of the molecule is COc1cc(C(=O)OCC(=O)N(C)Cc2cccc(F)c2)ccc1OCc1ccccc1. The van der Waals surface area contributed by atoms with Gasteiger partial charge in [-0.05, 0) is 41.5 Å². The third-order valence-electron chi connectivity index (χ3n) is 4.70. The van der Waals surface area contributed by atoms with Crippen molar-refractivity contribution in [3.05, 3.63) is 95.3 Å². The van der Waals surface area contributed by atoms with Gasteiger partial charge in [0.2, 0.25) is 0 Å². The van der Waals surface area contributed by atoms with Crippen molar-refractivity contribution in [2.75, 3.05) is 20.8 Å². The average molecular weight is 437 g/mol. The quantitative estimate of drug-likeness (QED) is 0.469. The van der Waals surface area contributed by atoms with Crippen LogP contribution in [0.4, 0.5) is 4.39 Å². The van der Waals surface area contributed by atoms with Crippen molar-refractivity contribution in [1.82, 2.24) is 4.90 Å². The third-order valence-corrected chi connectivity index (χ3v) is 4.70. The Bertz CT molecular complexity index is 1070. The molecule has 0 heterocycles. The molecule has 0 aliphatic carbocycles. The standard InChI is InChI=1S/C25H24FNO5/c1-27(15-19-9-6-10-21(26)13-19)24(28)17-32-25(29)20-11-12-22(23(14-20)30-2)31-16-18-7-4-3-5-8-18/h3-14H,15-17H2,1-2H3. The number of hydrogen-bond acceptors (Lipinski definition) is 5. The Kier molecular flexibility index (Phi) is 7.80. The number of likely N-dealkylation sites (N-methyl/N-ethyl adjacent to an activating group) is 1. The summed E-state index contributed by atoms with van der Waals surface area (Å²) in [6.07, 6.45) is 0. The van der Waals surface area contributed by atoms with Crippen molar-refractivity contribution in [2.24, 2.45) is 0 Å². The van der Waals surface area contributed by atoms with Crippen LogP contribution in [0.15, 0.2) is 72.8 Å². The monoisotopic (exact) mass is 437 g/mol. The topological polar surface area (TPSA) is 65.1 Å². The number of methoxy groups -OCH3 is 1. The fourth-order valence-electron chi connectivity index (χ4n) is 2.97. The number of amides is 1. The molecule has 0 radical (unpaired) electrons. The second-order valence-corrected chi connectivity index (χ2v) is 7.10. The Labute approximate surface area is 186 Å². The number of hydrogen-bond donors (Lipinski definition) is 0. The third kappa shape index (κ3) is 6.31. The zero-order chi connectivity index (χ0) is 22.9. The number of carbonyl (C=O) groups is 2. The Hall–Kier alpha value is -3.87. The van der Waals surface area contributed by atoms with Gasteiger partial charge in [-0.1, -0.05) is 42.5 Å². The van der Waals surface area contributed by atoms with E-state index in [1.807, 2.05) is 30.3 Å². The largest absolute Gasteiger partial charge is 0.493 e. The predicted molar refractivity (Wildman–Crippen MR) is 117 cm³/mol. The molecule has 3 aromatic carbocycles. The summed E-state index contributed by atoms with van der Waals surface area (Å²) in [5.74, 6) is -0.577. The summed E-state index contributed by atoms with van der Waals surface area (Å²) in [4.78, 5) is 26.0. The van der Waals surface area contributed by atoms with Gasteiger partial charge in [0.15, 0.2) is 18.1 Å². The fraction of sp³-hybridized carbons (Fsp3) is 0.200. The molecule has 1 amide bonds. The number of halogens is 1. The van der Waals surface area contributed by atoms with Crippen LogP contribution < -0.4 is 9.47 Å². The molecule has 0 saturated carbocycles. The van der Waals surface area contributed by atoms with E-state index in [9.17, 15) is 14.0 Å². The lowest BCUT2D eigenvalue weighted by atomic mass is 10.2. The molecule has 0 N–H and O–H groups in total. The molecule has 0 bridgehead atoms. The molecule has 0 unspecified atom stereocenters. The molecule has 0 aliphatic heterocycles. The zero-order valence-corrected chi connectivity index (χ0v) is 17.9. The van der Waals surface area contributed by atoms with E-state index in [4.69, 9.17) is 14.2 Å². The lowest BCUT2D eigenvalue weighted by Gasteiger charge is -2.17. The molecule has 0 spiro atoms. The average Bonchev–Trinajstić information content (AvgIpc) is 2.81. The van der Waals surface area contributed by atoms with E-state index in [-0.39, 0.29) is 17.9 Å². The Morgan fingerprint density at radius 3 is 2.38 bits per heavy atom. The van der Waals surface area contributed by atoms with Crippen LogP contribution in [0.1, 0.15) is 21.5 Å². The molecule has 3 aromatic rings. The van der Waals surface area contributed by atoms with Crippen molar-refractivity contribution < 1.29 is 28.2 Å². The Morgan fingerprint density at radius 1 is 0.906 bits per heavy atom. The van der Waals surface area contributed by atoms with Gasteiger partial charge in [-0.15, -0.1) is 0 Å². The number of carbonyl (C=O) groups excluding carboxylic acids is 2. The van der Waals surface area contributed by atoms with E-state index in [1.165, 1.54) is 30.2 Å². The summed E-state index contributed by atoms with van der Waals surface area (Å²) in [6.45, 7) is 0.127. The molecular formula is C25H24FNO5. The maximum Gasteiger partial charge on any atom is 0.338 e. The number of benzene rings is 3. The van der Waals surface area contributed by atoms with E-state index >= 15 is 0 Å². The number of rotatable bonds is 9. The summed E-state index contributed by atoms with van der Waals surface area (Å²) >= 11 is 0. The van der Waals surface area contributed by atoms with Gasteiger partial charge in [0.1, 0.15) is 12.4 Å². The van der Waals surface area contributed by atoms with Crippen molar-refractivity contribution >= 4 is 11.9 Å². The minimum Gasteiger partial charge on any atom is -0.493 e. The second-order valence-electron chi connectivity index (χ2n) is 7.10. The van der Waals surface area contributed by atoms with Gasteiger partial charge in [-0.2, -0.15) is 0 Å². The summed E-state index contributed by atoms with van der Waals surface area (Å²) in [5, 5.41) is 0. The molecule has 0 atom stereocenters. The van der Waals surface area contributed by atoms with Crippen LogP contribution in [-0.2, 0) is 22.7 Å². The fourth-order valence-corrected chi connectivity index (χ4v) is 2.97. The van der Waals surface area contributed by atoms with Crippen molar-refractivity contribution in [3.63, 3.8) is 0 Å². The van der Waals surface area contributed by atoms with E-state index in [2.05, 4.69) is 0 Å². The smallest absolute Gasteiger partial charge is 0.338 e. The van der Waals surface area contributed by atoms with Crippen molar-refractivity contribution in [3.8, 4) is 11.5 Å². The molecule has 32 heavy (non-hydrogen) atoms. The first-order chi connectivity index (χ1) is 15.5. The molecule has 7 heteroatoms. The summed E-state index contributed by atoms with van der Waals surface area (Å²) in [7, 11) is 3.04. The maximum absolute atomic E-state index is 13.3. The lowest BCUT2D eigenvalue weighted by molar-refractivity contribution is -0.133. The maximum atomic E-state index is 13.3. The van der Waals surface area contributed by atoms with Crippen molar-refractivity contribution in [2.45, 2.75) is 13.2 Å². The molecule has 3 rings (SSSR count). The van der Waals surface area contributed by atoms with E-state index in [1.54, 1.807) is 31.3 Å². The molecular weight excluding hydrogens is 413 g/mol. The first kappa shape index (κ1) is 22.8. The van der Waals surface area contributed by atoms with Gasteiger partial charge in [-0.25, -0.2) is 9.18 Å². The molecule has 166 valence electrons. The molecule has 0 saturated heterocycles. The molecule has 0 aromatic heterocycles. The lowest BCUT2D eigenvalue weighted by Crippen LogP contribution is -2.30. The normalized spacial score (nSPS) is 10.3. The highest BCUT2D eigenvalue weighted by Crippen LogP contribution is 2.29.